The number of ether oxygens (including phenoxy) is 1. The summed E-state index contributed by atoms with van der Waals surface area (Å²) in [7, 11) is 1.63. The van der Waals surface area contributed by atoms with Gasteiger partial charge in [0.05, 0.1) is 12.9 Å². The van der Waals surface area contributed by atoms with Gasteiger partial charge in [0, 0.05) is 14.9 Å². The highest BCUT2D eigenvalue weighted by Gasteiger charge is 2.13. The number of nitrogens with zero attached hydrogens (tertiary/aromatic N) is 3. The Labute approximate surface area is 169 Å². The second-order valence-corrected chi connectivity index (χ2v) is 7.60. The van der Waals surface area contributed by atoms with Crippen LogP contribution in [0.15, 0.2) is 53.7 Å². The Balaban J connectivity index is 1.68. The predicted molar refractivity (Wildman–Crippen MR) is 111 cm³/mol. The second-order valence-electron chi connectivity index (χ2n) is 5.41. The van der Waals surface area contributed by atoms with Crippen molar-refractivity contribution in [2.45, 2.75) is 12.1 Å². The zero-order chi connectivity index (χ0) is 18.5. The van der Waals surface area contributed by atoms with Crippen molar-refractivity contribution in [1.29, 1.82) is 0 Å². The van der Waals surface area contributed by atoms with Crippen LogP contribution in [0.5, 0.6) is 5.75 Å². The molecular formula is C18H17IN4O2S. The van der Waals surface area contributed by atoms with Crippen LogP contribution >= 0.6 is 34.4 Å². The number of hydrogen-bond donors (Lipinski definition) is 1. The van der Waals surface area contributed by atoms with Gasteiger partial charge in [-0.3, -0.25) is 9.36 Å². The third kappa shape index (κ3) is 4.55. The molecule has 2 aromatic carbocycles. The fourth-order valence-electron chi connectivity index (χ4n) is 2.33. The molecule has 0 radical (unpaired) electrons. The van der Waals surface area contributed by atoms with Crippen molar-refractivity contribution in [3.63, 3.8) is 0 Å². The first kappa shape index (κ1) is 18.7. The quantitative estimate of drug-likeness (QED) is 0.428. The molecule has 3 aromatic rings. The van der Waals surface area contributed by atoms with Crippen molar-refractivity contribution in [2.75, 3.05) is 18.2 Å². The van der Waals surface area contributed by atoms with Gasteiger partial charge < -0.3 is 10.1 Å². The maximum atomic E-state index is 12.2. The van der Waals surface area contributed by atoms with Gasteiger partial charge >= 0.3 is 0 Å². The van der Waals surface area contributed by atoms with Crippen molar-refractivity contribution in [3.8, 4) is 11.4 Å². The van der Waals surface area contributed by atoms with Crippen molar-refractivity contribution in [1.82, 2.24) is 14.8 Å². The number of carbonyl (C=O) groups is 1. The van der Waals surface area contributed by atoms with Gasteiger partial charge in [0.15, 0.2) is 5.16 Å². The lowest BCUT2D eigenvalue weighted by Gasteiger charge is -2.09. The van der Waals surface area contributed by atoms with Gasteiger partial charge in [0.25, 0.3) is 0 Å². The van der Waals surface area contributed by atoms with Gasteiger partial charge in [0.1, 0.15) is 11.6 Å². The third-order valence-corrected chi connectivity index (χ3v) is 5.23. The molecule has 0 bridgehead atoms. The maximum absolute atomic E-state index is 12.2. The molecule has 0 aliphatic carbocycles. The normalized spacial score (nSPS) is 10.6. The Kier molecular flexibility index (Phi) is 6.15. The van der Waals surface area contributed by atoms with E-state index in [1.807, 2.05) is 60.0 Å². The summed E-state index contributed by atoms with van der Waals surface area (Å²) in [5.74, 6) is 1.71. The van der Waals surface area contributed by atoms with E-state index in [-0.39, 0.29) is 11.7 Å². The minimum atomic E-state index is -0.0851. The first-order valence-corrected chi connectivity index (χ1v) is 9.88. The molecule has 0 aliphatic heterocycles. The van der Waals surface area contributed by atoms with Crippen LogP contribution in [0.4, 0.5) is 5.69 Å². The number of nitrogens with one attached hydrogen (secondary N) is 1. The van der Waals surface area contributed by atoms with E-state index in [1.165, 1.54) is 11.8 Å². The predicted octanol–water partition coefficient (Wildman–Crippen LogP) is 3.92. The highest BCUT2D eigenvalue weighted by molar-refractivity contribution is 14.1. The third-order valence-electron chi connectivity index (χ3n) is 3.59. The van der Waals surface area contributed by atoms with Gasteiger partial charge in [-0.2, -0.15) is 0 Å². The molecule has 0 atom stereocenters. The molecule has 0 aliphatic rings. The molecule has 1 aromatic heterocycles. The monoisotopic (exact) mass is 480 g/mol. The highest BCUT2D eigenvalue weighted by Crippen LogP contribution is 2.23. The summed E-state index contributed by atoms with van der Waals surface area (Å²) in [4.78, 5) is 12.2. The van der Waals surface area contributed by atoms with Crippen LogP contribution in [-0.2, 0) is 4.79 Å². The van der Waals surface area contributed by atoms with Crippen LogP contribution in [0.2, 0.25) is 0 Å². The van der Waals surface area contributed by atoms with E-state index >= 15 is 0 Å². The van der Waals surface area contributed by atoms with Crippen LogP contribution < -0.4 is 10.1 Å². The molecule has 0 saturated carbocycles. The van der Waals surface area contributed by atoms with Crippen molar-refractivity contribution >= 4 is 45.9 Å². The van der Waals surface area contributed by atoms with E-state index < -0.39 is 0 Å². The molecule has 0 fully saturated rings. The molecule has 0 saturated heterocycles. The average Bonchev–Trinajstić information content (AvgIpc) is 3.02. The Morgan fingerprint density at radius 3 is 2.50 bits per heavy atom. The Morgan fingerprint density at radius 1 is 1.15 bits per heavy atom. The maximum Gasteiger partial charge on any atom is 0.234 e. The Hall–Kier alpha value is -2.07. The highest BCUT2D eigenvalue weighted by atomic mass is 127. The largest absolute Gasteiger partial charge is 0.497 e. The lowest BCUT2D eigenvalue weighted by Crippen LogP contribution is -2.14. The number of rotatable bonds is 6. The van der Waals surface area contributed by atoms with E-state index in [2.05, 4.69) is 38.1 Å². The fraction of sp³-hybridized carbons (Fsp3) is 0.167. The van der Waals surface area contributed by atoms with Gasteiger partial charge in [0.2, 0.25) is 5.91 Å². The van der Waals surface area contributed by atoms with Crippen LogP contribution in [0, 0.1) is 10.5 Å². The summed E-state index contributed by atoms with van der Waals surface area (Å²) in [6.45, 7) is 1.88. The molecule has 3 rings (SSSR count). The summed E-state index contributed by atoms with van der Waals surface area (Å²) >= 11 is 3.58. The van der Waals surface area contributed by atoms with Gasteiger partial charge in [-0.05, 0) is 78.0 Å². The van der Waals surface area contributed by atoms with Gasteiger partial charge in [-0.1, -0.05) is 11.8 Å². The molecular weight excluding hydrogens is 463 g/mol. The zero-order valence-corrected chi connectivity index (χ0v) is 17.2. The average molecular weight is 480 g/mol. The molecule has 0 unspecified atom stereocenters. The summed E-state index contributed by atoms with van der Waals surface area (Å²) in [6, 6.07) is 15.3. The molecule has 1 heterocycles. The minimum absolute atomic E-state index is 0.0851. The van der Waals surface area contributed by atoms with E-state index in [4.69, 9.17) is 4.74 Å². The number of halogens is 1. The number of thioether (sulfide) groups is 1. The van der Waals surface area contributed by atoms with Crippen LogP contribution in [0.25, 0.3) is 5.69 Å². The first-order chi connectivity index (χ1) is 12.6. The number of aryl methyl sites for hydroxylation is 1. The van der Waals surface area contributed by atoms with Gasteiger partial charge in [-0.25, -0.2) is 0 Å². The van der Waals surface area contributed by atoms with Crippen molar-refractivity contribution in [3.05, 3.63) is 57.9 Å². The Morgan fingerprint density at radius 2 is 1.85 bits per heavy atom. The lowest BCUT2D eigenvalue weighted by molar-refractivity contribution is -0.113. The van der Waals surface area contributed by atoms with E-state index in [0.717, 1.165) is 26.5 Å². The molecule has 8 heteroatoms. The number of methoxy groups -OCH3 is 1. The number of anilines is 1. The molecule has 26 heavy (non-hydrogen) atoms. The van der Waals surface area contributed by atoms with E-state index in [0.29, 0.717) is 5.16 Å². The Bertz CT molecular complexity index is 895. The van der Waals surface area contributed by atoms with Crippen LogP contribution in [0.1, 0.15) is 5.82 Å². The summed E-state index contributed by atoms with van der Waals surface area (Å²) in [5, 5.41) is 11.9. The number of hydrogen-bond acceptors (Lipinski definition) is 5. The molecule has 6 nitrogen and oxygen atoms in total. The molecule has 1 amide bonds. The van der Waals surface area contributed by atoms with Crippen molar-refractivity contribution in [2.24, 2.45) is 0 Å². The topological polar surface area (TPSA) is 69.0 Å². The van der Waals surface area contributed by atoms with Crippen LogP contribution in [-0.4, -0.2) is 33.5 Å². The zero-order valence-electron chi connectivity index (χ0n) is 14.3. The first-order valence-electron chi connectivity index (χ1n) is 7.81. The van der Waals surface area contributed by atoms with Crippen molar-refractivity contribution < 1.29 is 9.53 Å². The van der Waals surface area contributed by atoms with E-state index in [1.54, 1.807) is 7.11 Å². The minimum Gasteiger partial charge on any atom is -0.497 e. The second kappa shape index (κ2) is 8.54. The van der Waals surface area contributed by atoms with Gasteiger partial charge in [-0.15, -0.1) is 10.2 Å². The molecule has 134 valence electrons. The standard InChI is InChI=1S/C18H17IN4O2S/c1-12-21-22-18(23(12)15-7-9-16(25-2)10-8-15)26-11-17(24)20-14-5-3-13(19)4-6-14/h3-10H,11H2,1-2H3,(H,20,24). The lowest BCUT2D eigenvalue weighted by atomic mass is 10.3. The number of benzene rings is 2. The SMILES string of the molecule is COc1ccc(-n2c(C)nnc2SCC(=O)Nc2ccc(I)cc2)cc1. The number of aromatic nitrogens is 3. The number of amides is 1. The molecule has 0 spiro atoms. The number of carbonyl (C=O) groups excluding carboxylic acids is 1. The summed E-state index contributed by atoms with van der Waals surface area (Å²) in [6.07, 6.45) is 0. The van der Waals surface area contributed by atoms with E-state index in [9.17, 15) is 4.79 Å². The van der Waals surface area contributed by atoms with Crippen LogP contribution in [0.3, 0.4) is 0 Å². The fourth-order valence-corrected chi connectivity index (χ4v) is 3.48. The smallest absolute Gasteiger partial charge is 0.234 e. The summed E-state index contributed by atoms with van der Waals surface area (Å²) in [5.41, 5.74) is 1.71. The summed E-state index contributed by atoms with van der Waals surface area (Å²) < 4.78 is 8.23. The molecule has 1 N–H and O–H groups in total.